The maximum Gasteiger partial charge on any atom is 0.311 e. The van der Waals surface area contributed by atoms with Gasteiger partial charge in [0.05, 0.1) is 5.41 Å². The highest BCUT2D eigenvalue weighted by atomic mass is 16.4. The normalized spacial score (nSPS) is 22.6. The lowest BCUT2D eigenvalue weighted by Crippen LogP contribution is -2.47. The van der Waals surface area contributed by atoms with E-state index in [1.807, 2.05) is 6.20 Å². The van der Waals surface area contributed by atoms with Crippen LogP contribution in [-0.2, 0) is 17.8 Å². The molecule has 0 bridgehead atoms. The third kappa shape index (κ3) is 3.97. The summed E-state index contributed by atoms with van der Waals surface area (Å²) in [6, 6.07) is 0. The number of hydrogen-bond acceptors (Lipinski definition) is 3. The van der Waals surface area contributed by atoms with Gasteiger partial charge in [0.25, 0.3) is 0 Å². The van der Waals surface area contributed by atoms with Crippen LogP contribution in [0.4, 0.5) is 0 Å². The number of aliphatic carboxylic acids is 1. The van der Waals surface area contributed by atoms with Crippen LogP contribution in [0.1, 0.15) is 50.5 Å². The van der Waals surface area contributed by atoms with Crippen molar-refractivity contribution < 1.29 is 9.90 Å². The van der Waals surface area contributed by atoms with Gasteiger partial charge in [-0.15, -0.1) is 6.58 Å². The number of unbranched alkanes of at least 4 members (excludes halogenated alkanes) is 1. The SMILES string of the molecule is C=CC[C@]1(C(=O)O)CCCN(Cc2cnc(CCCC)[nH]2)C1. The summed E-state index contributed by atoms with van der Waals surface area (Å²) in [5, 5.41) is 9.61. The van der Waals surface area contributed by atoms with Crippen LogP contribution in [0.5, 0.6) is 0 Å². The Bertz CT molecular complexity index is 512. The largest absolute Gasteiger partial charge is 0.481 e. The number of allylic oxidation sites excluding steroid dienone is 1. The number of nitrogens with zero attached hydrogens (tertiary/aromatic N) is 2. The molecule has 2 rings (SSSR count). The molecule has 1 aromatic rings. The van der Waals surface area contributed by atoms with Crippen molar-refractivity contribution in [3.63, 3.8) is 0 Å². The zero-order chi connectivity index (χ0) is 16.0. The predicted octanol–water partition coefficient (Wildman–Crippen LogP) is 3.00. The van der Waals surface area contributed by atoms with Crippen LogP contribution in [0.15, 0.2) is 18.9 Å². The summed E-state index contributed by atoms with van der Waals surface area (Å²) in [4.78, 5) is 21.7. The number of aryl methyl sites for hydroxylation is 1. The van der Waals surface area contributed by atoms with Crippen LogP contribution in [-0.4, -0.2) is 39.0 Å². The average Bonchev–Trinajstić information content (AvgIpc) is 2.93. The average molecular weight is 305 g/mol. The van der Waals surface area contributed by atoms with E-state index < -0.39 is 11.4 Å². The molecule has 0 saturated carbocycles. The molecule has 1 fully saturated rings. The first-order valence-corrected chi connectivity index (χ1v) is 8.19. The fourth-order valence-electron chi connectivity index (χ4n) is 3.27. The van der Waals surface area contributed by atoms with E-state index in [1.54, 1.807) is 6.08 Å². The Hall–Kier alpha value is -1.62. The Balaban J connectivity index is 1.98. The van der Waals surface area contributed by atoms with Crippen molar-refractivity contribution in [1.29, 1.82) is 0 Å². The summed E-state index contributed by atoms with van der Waals surface area (Å²) in [7, 11) is 0. The minimum absolute atomic E-state index is 0.531. The lowest BCUT2D eigenvalue weighted by atomic mass is 9.77. The van der Waals surface area contributed by atoms with E-state index in [4.69, 9.17) is 0 Å². The Kier molecular flexibility index (Phi) is 5.77. The van der Waals surface area contributed by atoms with Crippen molar-refractivity contribution in [2.45, 2.75) is 52.0 Å². The fourth-order valence-corrected chi connectivity index (χ4v) is 3.27. The number of aromatic amines is 1. The van der Waals surface area contributed by atoms with Gasteiger partial charge in [-0.3, -0.25) is 9.69 Å². The molecule has 0 spiro atoms. The summed E-state index contributed by atoms with van der Waals surface area (Å²) in [6.45, 7) is 8.16. The van der Waals surface area contributed by atoms with Gasteiger partial charge in [-0.2, -0.15) is 0 Å². The third-order valence-electron chi connectivity index (χ3n) is 4.49. The molecule has 5 heteroatoms. The Morgan fingerprint density at radius 1 is 1.64 bits per heavy atom. The van der Waals surface area contributed by atoms with Crippen LogP contribution in [0, 0.1) is 5.41 Å². The number of rotatable bonds is 8. The molecule has 0 unspecified atom stereocenters. The van der Waals surface area contributed by atoms with E-state index in [1.165, 1.54) is 0 Å². The van der Waals surface area contributed by atoms with Crippen LogP contribution in [0.25, 0.3) is 0 Å². The number of piperidine rings is 1. The van der Waals surface area contributed by atoms with E-state index in [9.17, 15) is 9.90 Å². The van der Waals surface area contributed by atoms with Gasteiger partial charge in [0.15, 0.2) is 0 Å². The Morgan fingerprint density at radius 2 is 2.45 bits per heavy atom. The van der Waals surface area contributed by atoms with Crippen molar-refractivity contribution in [1.82, 2.24) is 14.9 Å². The predicted molar refractivity (Wildman–Crippen MR) is 86.6 cm³/mol. The van der Waals surface area contributed by atoms with Crippen LogP contribution < -0.4 is 0 Å². The first-order valence-electron chi connectivity index (χ1n) is 8.19. The monoisotopic (exact) mass is 305 g/mol. The van der Waals surface area contributed by atoms with E-state index in [0.29, 0.717) is 13.0 Å². The number of hydrogen-bond donors (Lipinski definition) is 2. The molecule has 1 aromatic heterocycles. The smallest absolute Gasteiger partial charge is 0.311 e. The Morgan fingerprint density at radius 3 is 3.14 bits per heavy atom. The minimum atomic E-state index is -0.703. The number of aromatic nitrogens is 2. The molecule has 0 amide bonds. The van der Waals surface area contributed by atoms with Gasteiger partial charge in [0, 0.05) is 31.4 Å². The molecule has 0 radical (unpaired) electrons. The fraction of sp³-hybridized carbons (Fsp3) is 0.647. The number of carboxylic acids is 1. The first-order chi connectivity index (χ1) is 10.6. The van der Waals surface area contributed by atoms with Gasteiger partial charge < -0.3 is 10.1 Å². The maximum atomic E-state index is 11.7. The molecule has 1 atom stereocenters. The molecular weight excluding hydrogens is 278 g/mol. The van der Waals surface area contributed by atoms with Crippen LogP contribution >= 0.6 is 0 Å². The second-order valence-corrected chi connectivity index (χ2v) is 6.35. The number of likely N-dealkylation sites (tertiary alicyclic amines) is 1. The summed E-state index contributed by atoms with van der Waals surface area (Å²) in [5.74, 6) is 0.329. The number of imidazole rings is 1. The summed E-state index contributed by atoms with van der Waals surface area (Å²) >= 11 is 0. The van der Waals surface area contributed by atoms with E-state index in [0.717, 1.165) is 56.7 Å². The summed E-state index contributed by atoms with van der Waals surface area (Å²) in [5.41, 5.74) is 0.399. The highest BCUT2D eigenvalue weighted by Gasteiger charge is 2.41. The lowest BCUT2D eigenvalue weighted by molar-refractivity contribution is -0.152. The second kappa shape index (κ2) is 7.58. The highest BCUT2D eigenvalue weighted by molar-refractivity contribution is 5.75. The quantitative estimate of drug-likeness (QED) is 0.724. The molecule has 0 aliphatic carbocycles. The maximum absolute atomic E-state index is 11.7. The zero-order valence-electron chi connectivity index (χ0n) is 13.5. The molecule has 5 nitrogen and oxygen atoms in total. The van der Waals surface area contributed by atoms with Gasteiger partial charge in [-0.05, 0) is 32.2 Å². The third-order valence-corrected chi connectivity index (χ3v) is 4.49. The molecule has 0 aromatic carbocycles. The minimum Gasteiger partial charge on any atom is -0.481 e. The lowest BCUT2D eigenvalue weighted by Gasteiger charge is -2.39. The molecule has 1 aliphatic heterocycles. The van der Waals surface area contributed by atoms with E-state index in [2.05, 4.69) is 28.4 Å². The van der Waals surface area contributed by atoms with Gasteiger partial charge in [-0.1, -0.05) is 19.4 Å². The number of carboxylic acid groups (broad SMARTS) is 1. The zero-order valence-corrected chi connectivity index (χ0v) is 13.5. The van der Waals surface area contributed by atoms with Gasteiger partial charge >= 0.3 is 5.97 Å². The van der Waals surface area contributed by atoms with Crippen molar-refractivity contribution in [3.8, 4) is 0 Å². The second-order valence-electron chi connectivity index (χ2n) is 6.35. The van der Waals surface area contributed by atoms with E-state index >= 15 is 0 Å². The topological polar surface area (TPSA) is 69.2 Å². The number of nitrogens with one attached hydrogen (secondary N) is 1. The highest BCUT2D eigenvalue weighted by Crippen LogP contribution is 2.34. The molecule has 122 valence electrons. The van der Waals surface area contributed by atoms with Crippen molar-refractivity contribution in [2.24, 2.45) is 5.41 Å². The Labute approximate surface area is 132 Å². The van der Waals surface area contributed by atoms with Crippen LogP contribution in [0.2, 0.25) is 0 Å². The number of carbonyl (C=O) groups is 1. The van der Waals surface area contributed by atoms with Crippen molar-refractivity contribution in [3.05, 3.63) is 30.4 Å². The summed E-state index contributed by atoms with van der Waals surface area (Å²) in [6.07, 6.45) is 9.07. The van der Waals surface area contributed by atoms with Crippen molar-refractivity contribution >= 4 is 5.97 Å². The van der Waals surface area contributed by atoms with Gasteiger partial charge in [0.1, 0.15) is 5.82 Å². The van der Waals surface area contributed by atoms with E-state index in [-0.39, 0.29) is 0 Å². The first kappa shape index (κ1) is 16.7. The molecule has 22 heavy (non-hydrogen) atoms. The molecule has 1 saturated heterocycles. The van der Waals surface area contributed by atoms with Gasteiger partial charge in [0.2, 0.25) is 0 Å². The standard InChI is InChI=1S/C17H27N3O2/c1-3-5-7-15-18-11-14(19-15)12-20-10-6-9-17(13-20,8-4-2)16(21)22/h4,11H,2-3,5-10,12-13H2,1H3,(H,18,19)(H,21,22)/t17-/m0/s1. The van der Waals surface area contributed by atoms with Crippen molar-refractivity contribution in [2.75, 3.05) is 13.1 Å². The molecule has 1 aliphatic rings. The molecule has 2 N–H and O–H groups in total. The summed E-state index contributed by atoms with van der Waals surface area (Å²) < 4.78 is 0. The molecular formula is C17H27N3O2. The number of H-pyrrole nitrogens is 1. The van der Waals surface area contributed by atoms with Gasteiger partial charge in [-0.25, -0.2) is 4.98 Å². The van der Waals surface area contributed by atoms with Crippen LogP contribution in [0.3, 0.4) is 0 Å². The molecule has 2 heterocycles.